The van der Waals surface area contributed by atoms with Crippen molar-refractivity contribution in [2.24, 2.45) is 0 Å². The lowest BCUT2D eigenvalue weighted by Gasteiger charge is -2.12. The fourth-order valence-corrected chi connectivity index (χ4v) is 2.45. The van der Waals surface area contributed by atoms with Crippen molar-refractivity contribution >= 4 is 17.2 Å². The Morgan fingerprint density at radius 1 is 1.33 bits per heavy atom. The molecule has 2 rings (SSSR count). The van der Waals surface area contributed by atoms with E-state index in [1.807, 2.05) is 45.0 Å². The molecule has 4 nitrogen and oxygen atoms in total. The van der Waals surface area contributed by atoms with Crippen LogP contribution in [0.5, 0.6) is 0 Å². The van der Waals surface area contributed by atoms with Gasteiger partial charge in [-0.1, -0.05) is 24.3 Å². The molecule has 0 atom stereocenters. The van der Waals surface area contributed by atoms with Gasteiger partial charge in [-0.2, -0.15) is 0 Å². The number of carbonyl (C=O) groups excluding carboxylic acids is 1. The van der Waals surface area contributed by atoms with E-state index in [-0.39, 0.29) is 12.0 Å². The lowest BCUT2D eigenvalue weighted by Crippen LogP contribution is -2.23. The van der Waals surface area contributed by atoms with Crippen LogP contribution in [-0.4, -0.2) is 17.0 Å². The van der Waals surface area contributed by atoms with Gasteiger partial charge >= 0.3 is 0 Å². The molecule has 112 valence electrons. The number of nitrogens with one attached hydrogen (secondary N) is 1. The number of hydrogen-bond donors (Lipinski definition) is 1. The number of amides is 1. The van der Waals surface area contributed by atoms with Gasteiger partial charge in [0.1, 0.15) is 5.69 Å². The molecule has 0 spiro atoms. The van der Waals surface area contributed by atoms with Gasteiger partial charge in [-0.3, -0.25) is 4.79 Å². The summed E-state index contributed by atoms with van der Waals surface area (Å²) in [6, 6.07) is 7.98. The van der Waals surface area contributed by atoms with E-state index in [9.17, 15) is 4.79 Å². The van der Waals surface area contributed by atoms with E-state index in [1.54, 1.807) is 5.38 Å². The molecule has 0 saturated carbocycles. The molecule has 0 radical (unpaired) electrons. The summed E-state index contributed by atoms with van der Waals surface area (Å²) < 4.78 is 5.64. The normalized spacial score (nSPS) is 10.9. The molecule has 1 aromatic carbocycles. The first kappa shape index (κ1) is 15.7. The number of thiazole rings is 1. The number of nitrogens with zero attached hydrogens (tertiary/aromatic N) is 1. The van der Waals surface area contributed by atoms with E-state index in [4.69, 9.17) is 4.74 Å². The SMILES string of the molecule is Cc1nc(C(=O)NCc2ccccc2COC(C)C)cs1. The van der Waals surface area contributed by atoms with Gasteiger partial charge in [0.25, 0.3) is 5.91 Å². The van der Waals surface area contributed by atoms with Crippen LogP contribution < -0.4 is 5.32 Å². The van der Waals surface area contributed by atoms with Crippen LogP contribution >= 0.6 is 11.3 Å². The van der Waals surface area contributed by atoms with Crippen molar-refractivity contribution in [2.45, 2.75) is 40.0 Å². The zero-order chi connectivity index (χ0) is 15.2. The van der Waals surface area contributed by atoms with Gasteiger partial charge in [-0.25, -0.2) is 4.98 Å². The Labute approximate surface area is 129 Å². The third-order valence-corrected chi connectivity index (χ3v) is 3.76. The second kappa shape index (κ2) is 7.33. The number of carbonyl (C=O) groups is 1. The van der Waals surface area contributed by atoms with Crippen molar-refractivity contribution in [1.29, 1.82) is 0 Å². The fourth-order valence-electron chi connectivity index (χ4n) is 1.86. The monoisotopic (exact) mass is 304 g/mol. The lowest BCUT2D eigenvalue weighted by atomic mass is 10.1. The Hall–Kier alpha value is -1.72. The lowest BCUT2D eigenvalue weighted by molar-refractivity contribution is 0.0651. The van der Waals surface area contributed by atoms with Gasteiger partial charge in [0.15, 0.2) is 0 Å². The van der Waals surface area contributed by atoms with E-state index < -0.39 is 0 Å². The maximum absolute atomic E-state index is 12.0. The zero-order valence-corrected chi connectivity index (χ0v) is 13.4. The van der Waals surface area contributed by atoms with Gasteiger partial charge in [-0.05, 0) is 31.9 Å². The van der Waals surface area contributed by atoms with Crippen molar-refractivity contribution in [3.63, 3.8) is 0 Å². The highest BCUT2D eigenvalue weighted by Crippen LogP contribution is 2.12. The number of rotatable bonds is 6. The molecule has 1 amide bonds. The average Bonchev–Trinajstić information content (AvgIpc) is 2.90. The molecule has 1 aromatic heterocycles. The van der Waals surface area contributed by atoms with Gasteiger partial charge < -0.3 is 10.1 Å². The maximum Gasteiger partial charge on any atom is 0.271 e. The van der Waals surface area contributed by atoms with Crippen LogP contribution in [0.1, 0.15) is 40.5 Å². The molecule has 0 aliphatic heterocycles. The van der Waals surface area contributed by atoms with Crippen molar-refractivity contribution in [3.05, 3.63) is 51.5 Å². The highest BCUT2D eigenvalue weighted by Gasteiger charge is 2.10. The maximum atomic E-state index is 12.0. The minimum absolute atomic E-state index is 0.140. The van der Waals surface area contributed by atoms with Crippen LogP contribution in [0.25, 0.3) is 0 Å². The van der Waals surface area contributed by atoms with Crippen molar-refractivity contribution in [3.8, 4) is 0 Å². The molecule has 0 saturated heterocycles. The van der Waals surface area contributed by atoms with Crippen LogP contribution in [0.4, 0.5) is 0 Å². The van der Waals surface area contributed by atoms with Gasteiger partial charge in [0.2, 0.25) is 0 Å². The topological polar surface area (TPSA) is 51.2 Å². The summed E-state index contributed by atoms with van der Waals surface area (Å²) in [6.07, 6.45) is 0.186. The molecule has 1 N–H and O–H groups in total. The van der Waals surface area contributed by atoms with Crippen LogP contribution in [0.15, 0.2) is 29.6 Å². The molecule has 0 fully saturated rings. The van der Waals surface area contributed by atoms with Gasteiger partial charge in [-0.15, -0.1) is 11.3 Å². The average molecular weight is 304 g/mol. The Kier molecular flexibility index (Phi) is 5.47. The molecule has 0 aliphatic carbocycles. The standard InChI is InChI=1S/C16H20N2O2S/c1-11(2)20-9-14-7-5-4-6-13(14)8-17-16(19)15-10-21-12(3)18-15/h4-7,10-11H,8-9H2,1-3H3,(H,17,19). The summed E-state index contributed by atoms with van der Waals surface area (Å²) in [5.74, 6) is -0.140. The molecule has 21 heavy (non-hydrogen) atoms. The summed E-state index contributed by atoms with van der Waals surface area (Å²) in [6.45, 7) is 6.94. The Bertz CT molecular complexity index is 608. The number of aromatic nitrogens is 1. The minimum atomic E-state index is -0.140. The third-order valence-electron chi connectivity index (χ3n) is 2.98. The van der Waals surface area contributed by atoms with E-state index in [2.05, 4.69) is 10.3 Å². The highest BCUT2D eigenvalue weighted by molar-refractivity contribution is 7.09. The summed E-state index contributed by atoms with van der Waals surface area (Å²) in [7, 11) is 0. The number of hydrogen-bond acceptors (Lipinski definition) is 4. The Morgan fingerprint density at radius 2 is 2.05 bits per heavy atom. The largest absolute Gasteiger partial charge is 0.374 e. The quantitative estimate of drug-likeness (QED) is 0.891. The van der Waals surface area contributed by atoms with E-state index in [0.29, 0.717) is 18.8 Å². The van der Waals surface area contributed by atoms with Crippen LogP contribution in [0.2, 0.25) is 0 Å². The second-order valence-electron chi connectivity index (χ2n) is 5.06. The predicted molar refractivity (Wildman–Crippen MR) is 84.4 cm³/mol. The zero-order valence-electron chi connectivity index (χ0n) is 12.6. The predicted octanol–water partition coefficient (Wildman–Crippen LogP) is 3.31. The highest BCUT2D eigenvalue weighted by atomic mass is 32.1. The van der Waals surface area contributed by atoms with Crippen molar-refractivity contribution in [2.75, 3.05) is 0 Å². The fraction of sp³-hybridized carbons (Fsp3) is 0.375. The summed E-state index contributed by atoms with van der Waals surface area (Å²) >= 11 is 1.48. The smallest absolute Gasteiger partial charge is 0.271 e. The third kappa shape index (κ3) is 4.65. The van der Waals surface area contributed by atoms with Crippen LogP contribution in [-0.2, 0) is 17.9 Å². The summed E-state index contributed by atoms with van der Waals surface area (Å²) in [5, 5.41) is 5.58. The van der Waals surface area contributed by atoms with Gasteiger partial charge in [0, 0.05) is 11.9 Å². The first-order chi connectivity index (χ1) is 10.1. The number of benzene rings is 1. The van der Waals surface area contributed by atoms with Crippen LogP contribution in [0.3, 0.4) is 0 Å². The first-order valence-corrected chi connectivity index (χ1v) is 7.83. The molecule has 5 heteroatoms. The van der Waals surface area contributed by atoms with E-state index in [1.165, 1.54) is 11.3 Å². The van der Waals surface area contributed by atoms with E-state index in [0.717, 1.165) is 16.1 Å². The van der Waals surface area contributed by atoms with Crippen molar-refractivity contribution < 1.29 is 9.53 Å². The molecular formula is C16H20N2O2S. The molecule has 0 unspecified atom stereocenters. The van der Waals surface area contributed by atoms with Crippen LogP contribution in [0, 0.1) is 6.92 Å². The molecule has 2 aromatic rings. The molecular weight excluding hydrogens is 284 g/mol. The molecule has 0 bridgehead atoms. The summed E-state index contributed by atoms with van der Waals surface area (Å²) in [5.41, 5.74) is 2.65. The minimum Gasteiger partial charge on any atom is -0.374 e. The van der Waals surface area contributed by atoms with Gasteiger partial charge in [0.05, 0.1) is 17.7 Å². The summed E-state index contributed by atoms with van der Waals surface area (Å²) in [4.78, 5) is 16.2. The van der Waals surface area contributed by atoms with Crippen molar-refractivity contribution in [1.82, 2.24) is 10.3 Å². The number of aryl methyl sites for hydroxylation is 1. The molecule has 0 aliphatic rings. The molecule has 1 heterocycles. The second-order valence-corrected chi connectivity index (χ2v) is 6.13. The Morgan fingerprint density at radius 3 is 2.67 bits per heavy atom. The number of ether oxygens (including phenoxy) is 1. The van der Waals surface area contributed by atoms with E-state index >= 15 is 0 Å². The first-order valence-electron chi connectivity index (χ1n) is 6.95. The Balaban J connectivity index is 1.98.